The molecule has 2 aromatic rings. The fourth-order valence-electron chi connectivity index (χ4n) is 3.27. The van der Waals surface area contributed by atoms with Gasteiger partial charge in [-0.05, 0) is 41.9 Å². The van der Waals surface area contributed by atoms with Gasteiger partial charge < -0.3 is 24.6 Å². The first-order valence-electron chi connectivity index (χ1n) is 9.74. The molecule has 0 aliphatic carbocycles. The van der Waals surface area contributed by atoms with E-state index in [-0.39, 0.29) is 18.8 Å². The highest BCUT2D eigenvalue weighted by atomic mass is 35.5. The van der Waals surface area contributed by atoms with Crippen molar-refractivity contribution in [1.82, 2.24) is 10.6 Å². The molecule has 1 aliphatic rings. The minimum absolute atomic E-state index is 0.0983. The molecule has 3 rings (SSSR count). The van der Waals surface area contributed by atoms with Crippen LogP contribution in [0.25, 0.3) is 10.8 Å². The second-order valence-electron chi connectivity index (χ2n) is 6.98. The number of nitrogens with one attached hydrogen (secondary N) is 2. The van der Waals surface area contributed by atoms with Gasteiger partial charge in [0, 0.05) is 23.9 Å². The molecule has 7 nitrogen and oxygen atoms in total. The van der Waals surface area contributed by atoms with Crippen molar-refractivity contribution in [3.05, 3.63) is 47.0 Å². The Labute approximate surface area is 175 Å². The summed E-state index contributed by atoms with van der Waals surface area (Å²) < 4.78 is 16.6. The maximum Gasteiger partial charge on any atom is 0.407 e. The topological polar surface area (TPSA) is 89.0 Å². The van der Waals surface area contributed by atoms with Crippen molar-refractivity contribution in [3.63, 3.8) is 0 Å². The van der Waals surface area contributed by atoms with E-state index in [1.807, 2.05) is 24.3 Å². The summed E-state index contributed by atoms with van der Waals surface area (Å²) in [7, 11) is 1.58. The smallest absolute Gasteiger partial charge is 0.407 e. The van der Waals surface area contributed by atoms with Crippen LogP contribution in [0.3, 0.4) is 0 Å². The van der Waals surface area contributed by atoms with Crippen molar-refractivity contribution in [3.8, 4) is 0 Å². The van der Waals surface area contributed by atoms with Crippen LogP contribution in [0.5, 0.6) is 0 Å². The first kappa shape index (κ1) is 21.8. The Balaban J connectivity index is 1.40. The van der Waals surface area contributed by atoms with Crippen LogP contribution in [0.1, 0.15) is 24.3 Å². The Bertz CT molecular complexity index is 811. The van der Waals surface area contributed by atoms with Gasteiger partial charge in [0.1, 0.15) is 12.8 Å². The molecule has 1 heterocycles. The van der Waals surface area contributed by atoms with Gasteiger partial charge >= 0.3 is 6.09 Å². The molecule has 1 fully saturated rings. The van der Waals surface area contributed by atoms with Crippen LogP contribution in [0.4, 0.5) is 4.79 Å². The third-order valence-corrected chi connectivity index (χ3v) is 5.11. The van der Waals surface area contributed by atoms with Crippen LogP contribution in [0.15, 0.2) is 36.4 Å². The molecular formula is C21H27ClN2O5. The van der Waals surface area contributed by atoms with Crippen molar-refractivity contribution >= 4 is 28.5 Å². The van der Waals surface area contributed by atoms with Crippen LogP contribution in [0.2, 0.25) is 5.02 Å². The summed E-state index contributed by atoms with van der Waals surface area (Å²) in [5, 5.41) is 17.5. The standard InChI is InChI=1S/C21H27ClN2O5/c1-23-19(25)13-29-21(26)24-9-3-6-20-27-11-15(12-28-20)17-5-2-4-14-10-16(22)7-8-18(14)17/h2,4-5,7-8,10,15,19-20,23,25H,3,6,9,11-13H2,1H3,(H,24,26). The molecule has 3 N–H and O–H groups in total. The predicted octanol–water partition coefficient (Wildman–Crippen LogP) is 2.99. The number of rotatable bonds is 8. The highest BCUT2D eigenvalue weighted by Crippen LogP contribution is 2.31. The van der Waals surface area contributed by atoms with E-state index in [9.17, 15) is 9.90 Å². The minimum atomic E-state index is -0.864. The van der Waals surface area contributed by atoms with Gasteiger partial charge in [-0.25, -0.2) is 4.79 Å². The molecule has 1 saturated heterocycles. The molecule has 1 atom stereocenters. The Kier molecular flexibility index (Phi) is 8.09. The first-order valence-corrected chi connectivity index (χ1v) is 10.1. The van der Waals surface area contributed by atoms with Crippen molar-refractivity contribution in [2.45, 2.75) is 31.3 Å². The quantitative estimate of drug-likeness (QED) is 0.447. The number of amides is 1. The van der Waals surface area contributed by atoms with Crippen LogP contribution in [-0.2, 0) is 14.2 Å². The zero-order valence-corrected chi connectivity index (χ0v) is 17.2. The molecule has 0 aromatic heterocycles. The average molecular weight is 423 g/mol. The summed E-state index contributed by atoms with van der Waals surface area (Å²) in [6.07, 6.45) is -0.319. The molecule has 0 saturated carbocycles. The number of likely N-dealkylation sites (N-methyl/N-ethyl adjacent to an activating group) is 1. The summed E-state index contributed by atoms with van der Waals surface area (Å²) in [5.74, 6) is 0.169. The summed E-state index contributed by atoms with van der Waals surface area (Å²) in [5.41, 5.74) is 1.20. The molecular weight excluding hydrogens is 396 g/mol. The van der Waals surface area contributed by atoms with E-state index in [4.69, 9.17) is 25.8 Å². The third-order valence-electron chi connectivity index (χ3n) is 4.87. The number of fused-ring (bicyclic) bond motifs is 1. The molecule has 158 valence electrons. The summed E-state index contributed by atoms with van der Waals surface area (Å²) >= 11 is 6.10. The molecule has 2 aromatic carbocycles. The van der Waals surface area contributed by atoms with Gasteiger partial charge in [0.15, 0.2) is 6.29 Å². The van der Waals surface area contributed by atoms with E-state index in [0.717, 1.165) is 10.4 Å². The number of halogens is 1. The SMILES string of the molecule is CNC(O)COC(=O)NCCCC1OCC(c2cccc3cc(Cl)ccc23)CO1. The number of ether oxygens (including phenoxy) is 3. The van der Waals surface area contributed by atoms with Gasteiger partial charge in [0.05, 0.1) is 13.2 Å². The van der Waals surface area contributed by atoms with E-state index in [2.05, 4.69) is 22.8 Å². The second kappa shape index (κ2) is 10.8. The second-order valence-corrected chi connectivity index (χ2v) is 7.41. The van der Waals surface area contributed by atoms with E-state index >= 15 is 0 Å². The van der Waals surface area contributed by atoms with E-state index in [1.165, 1.54) is 10.9 Å². The van der Waals surface area contributed by atoms with Crippen LogP contribution in [0, 0.1) is 0 Å². The fourth-order valence-corrected chi connectivity index (χ4v) is 3.45. The maximum absolute atomic E-state index is 11.5. The zero-order chi connectivity index (χ0) is 20.6. The van der Waals surface area contributed by atoms with Crippen LogP contribution in [-0.4, -0.2) is 57.1 Å². The number of aliphatic hydroxyl groups excluding tert-OH is 1. The van der Waals surface area contributed by atoms with Crippen molar-refractivity contribution in [2.75, 3.05) is 33.4 Å². The molecule has 0 radical (unpaired) electrons. The van der Waals surface area contributed by atoms with E-state index in [1.54, 1.807) is 7.05 Å². The molecule has 29 heavy (non-hydrogen) atoms. The number of alkyl carbamates (subject to hydrolysis) is 1. The molecule has 8 heteroatoms. The number of carbonyl (C=O) groups excluding carboxylic acids is 1. The van der Waals surface area contributed by atoms with E-state index in [0.29, 0.717) is 32.6 Å². The molecule has 1 unspecified atom stereocenters. The highest BCUT2D eigenvalue weighted by molar-refractivity contribution is 6.31. The highest BCUT2D eigenvalue weighted by Gasteiger charge is 2.24. The number of hydrogen-bond donors (Lipinski definition) is 3. The van der Waals surface area contributed by atoms with Gasteiger partial charge in [-0.2, -0.15) is 0 Å². The lowest BCUT2D eigenvalue weighted by Crippen LogP contribution is -2.35. The third kappa shape index (κ3) is 6.29. The first-order chi connectivity index (χ1) is 14.1. The predicted molar refractivity (Wildman–Crippen MR) is 111 cm³/mol. The van der Waals surface area contributed by atoms with Gasteiger partial charge in [-0.1, -0.05) is 35.9 Å². The lowest BCUT2D eigenvalue weighted by atomic mass is 9.94. The van der Waals surface area contributed by atoms with Gasteiger partial charge in [0.2, 0.25) is 0 Å². The number of hydrogen-bond acceptors (Lipinski definition) is 6. The molecule has 0 spiro atoms. The summed E-state index contributed by atoms with van der Waals surface area (Å²) in [6, 6.07) is 12.1. The Morgan fingerprint density at radius 2 is 2.10 bits per heavy atom. The monoisotopic (exact) mass is 422 g/mol. The molecule has 0 bridgehead atoms. The largest absolute Gasteiger partial charge is 0.445 e. The van der Waals surface area contributed by atoms with Crippen molar-refractivity contribution in [2.24, 2.45) is 0 Å². The van der Waals surface area contributed by atoms with Crippen molar-refractivity contribution < 1.29 is 24.1 Å². The average Bonchev–Trinajstić information content (AvgIpc) is 2.74. The number of aliphatic hydroxyl groups is 1. The molecule has 1 aliphatic heterocycles. The normalized spacial score (nSPS) is 20.4. The van der Waals surface area contributed by atoms with Crippen LogP contribution >= 0.6 is 11.6 Å². The maximum atomic E-state index is 11.5. The van der Waals surface area contributed by atoms with E-state index < -0.39 is 12.3 Å². The Morgan fingerprint density at radius 1 is 1.31 bits per heavy atom. The van der Waals surface area contributed by atoms with Gasteiger partial charge in [0.25, 0.3) is 0 Å². The zero-order valence-electron chi connectivity index (χ0n) is 16.4. The lowest BCUT2D eigenvalue weighted by molar-refractivity contribution is -0.189. The minimum Gasteiger partial charge on any atom is -0.445 e. The van der Waals surface area contributed by atoms with Crippen LogP contribution < -0.4 is 10.6 Å². The lowest BCUT2D eigenvalue weighted by Gasteiger charge is -2.30. The molecule has 1 amide bonds. The van der Waals surface area contributed by atoms with Gasteiger partial charge in [-0.3, -0.25) is 5.32 Å². The summed E-state index contributed by atoms with van der Waals surface area (Å²) in [6.45, 7) is 1.53. The Morgan fingerprint density at radius 3 is 2.86 bits per heavy atom. The van der Waals surface area contributed by atoms with Gasteiger partial charge in [-0.15, -0.1) is 0 Å². The fraction of sp³-hybridized carbons (Fsp3) is 0.476. The van der Waals surface area contributed by atoms with Crippen molar-refractivity contribution in [1.29, 1.82) is 0 Å². The Hall–Kier alpha value is -1.90. The number of benzene rings is 2. The summed E-state index contributed by atoms with van der Waals surface area (Å²) in [4.78, 5) is 11.5. The number of carbonyl (C=O) groups is 1.